The van der Waals surface area contributed by atoms with Crippen LogP contribution in [0.25, 0.3) is 27.6 Å². The molecule has 6 aromatic carbocycles. The number of fused-ring (bicyclic) bond motifs is 3. The molecule has 0 saturated carbocycles. The van der Waals surface area contributed by atoms with E-state index in [1.807, 2.05) is 12.3 Å². The second kappa shape index (κ2) is 17.1. The molecule has 0 bridgehead atoms. The summed E-state index contributed by atoms with van der Waals surface area (Å²) in [5.41, 5.74) is 12.5. The third-order valence-corrected chi connectivity index (χ3v) is 13.8. The number of hydrogen-bond acceptors (Lipinski definition) is 4. The van der Waals surface area contributed by atoms with Gasteiger partial charge in [0.1, 0.15) is 5.82 Å². The van der Waals surface area contributed by atoms with Crippen molar-refractivity contribution in [2.45, 2.75) is 118 Å². The van der Waals surface area contributed by atoms with Crippen molar-refractivity contribution in [2.24, 2.45) is 4.99 Å². The van der Waals surface area contributed by atoms with Gasteiger partial charge in [-0.15, -0.1) is 34.7 Å². The molecular formula is C60H62N4OPt. The zero-order chi connectivity index (χ0) is 46.2. The summed E-state index contributed by atoms with van der Waals surface area (Å²) in [5.74, 6) is 2.89. The average Bonchev–Trinajstić information content (AvgIpc) is 3.67. The molecule has 1 aliphatic rings. The second-order valence-electron chi connectivity index (χ2n) is 21.1. The Morgan fingerprint density at radius 1 is 0.606 bits per heavy atom. The van der Waals surface area contributed by atoms with Crippen molar-refractivity contribution in [1.29, 1.82) is 0 Å². The van der Waals surface area contributed by atoms with Crippen LogP contribution in [0.3, 0.4) is 0 Å². The van der Waals surface area contributed by atoms with Crippen molar-refractivity contribution < 1.29 is 25.8 Å². The molecule has 0 N–H and O–H groups in total. The van der Waals surface area contributed by atoms with Crippen LogP contribution in [0, 0.1) is 39.8 Å². The van der Waals surface area contributed by atoms with Crippen LogP contribution < -0.4 is 9.64 Å². The van der Waals surface area contributed by atoms with Crippen LogP contribution >= 0.6 is 0 Å². The maximum Gasteiger partial charge on any atom is 2.00 e. The van der Waals surface area contributed by atoms with Crippen molar-refractivity contribution in [2.75, 3.05) is 4.90 Å². The molecule has 8 aromatic rings. The van der Waals surface area contributed by atoms with Gasteiger partial charge >= 0.3 is 21.1 Å². The summed E-state index contributed by atoms with van der Waals surface area (Å²) in [6.45, 7) is 29.3. The van der Waals surface area contributed by atoms with E-state index >= 15 is 0 Å². The number of hydrogen-bond donors (Lipinski definition) is 0. The standard InChI is InChI=1S/C60H62N4O.Pt/c1-38-30-40(3)55(41(4)31-38)64-56(62-60(13,59(64,11)12)54(42-20-16-14-17-21-42)43-22-18-15-19-23-43)44-32-39(2)33-48(34-44)65-47-25-26-49-50-35-45(57(5,6)7)24-27-51(50)63(52(49)37-47)53-36-46(28-29-61-53)58(8,9)10;/h14-33,35-36,54H,1-13H3;/q-2;+2/t60-;/m1./s1. The minimum atomic E-state index is -0.620. The zero-order valence-corrected chi connectivity index (χ0v) is 43.1. The molecule has 338 valence electrons. The number of aliphatic imine (C=N–C) groups is 1. The number of pyridine rings is 1. The number of amidine groups is 1. The molecule has 6 heteroatoms. The molecule has 0 fully saturated rings. The van der Waals surface area contributed by atoms with Gasteiger partial charge in [0.05, 0.1) is 16.9 Å². The molecule has 0 radical (unpaired) electrons. The number of aryl methyl sites for hydroxylation is 4. The first-order valence-corrected chi connectivity index (χ1v) is 23.0. The molecule has 5 nitrogen and oxygen atoms in total. The Hall–Kier alpha value is -5.77. The number of nitrogens with zero attached hydrogens (tertiary/aromatic N) is 4. The fraction of sp³-hybridized carbons (Fsp3) is 0.300. The van der Waals surface area contributed by atoms with Gasteiger partial charge in [-0.3, -0.25) is 0 Å². The molecule has 9 rings (SSSR count). The quantitative estimate of drug-likeness (QED) is 0.142. The van der Waals surface area contributed by atoms with Gasteiger partial charge < -0.3 is 19.2 Å². The Labute approximate surface area is 407 Å². The molecule has 66 heavy (non-hydrogen) atoms. The largest absolute Gasteiger partial charge is 2.00 e. The molecule has 0 unspecified atom stereocenters. The Morgan fingerprint density at radius 2 is 1.20 bits per heavy atom. The van der Waals surface area contributed by atoms with E-state index in [0.29, 0.717) is 11.5 Å². The van der Waals surface area contributed by atoms with E-state index < -0.39 is 11.1 Å². The van der Waals surface area contributed by atoms with E-state index in [0.717, 1.165) is 39.2 Å². The van der Waals surface area contributed by atoms with Gasteiger partial charge in [-0.1, -0.05) is 157 Å². The number of ether oxygens (including phenoxy) is 1. The topological polar surface area (TPSA) is 42.6 Å². The van der Waals surface area contributed by atoms with E-state index in [1.165, 1.54) is 50.0 Å². The van der Waals surface area contributed by atoms with Crippen molar-refractivity contribution in [1.82, 2.24) is 9.55 Å². The fourth-order valence-electron chi connectivity index (χ4n) is 10.2. The molecule has 2 aromatic heterocycles. The van der Waals surface area contributed by atoms with Gasteiger partial charge in [0.25, 0.3) is 0 Å². The van der Waals surface area contributed by atoms with Crippen molar-refractivity contribution in [3.05, 3.63) is 196 Å². The summed E-state index contributed by atoms with van der Waals surface area (Å²) in [7, 11) is 0. The second-order valence-corrected chi connectivity index (χ2v) is 21.1. The Morgan fingerprint density at radius 3 is 1.80 bits per heavy atom. The first kappa shape index (κ1) is 46.7. The smallest absolute Gasteiger partial charge is 0.503 e. The molecule has 1 atom stereocenters. The first-order chi connectivity index (χ1) is 30.7. The normalized spacial score (nSPS) is 16.2. The van der Waals surface area contributed by atoms with Crippen LogP contribution in [0.4, 0.5) is 5.69 Å². The molecule has 3 heterocycles. The molecular weight excluding hydrogens is 988 g/mol. The van der Waals surface area contributed by atoms with Crippen LogP contribution in [0.1, 0.15) is 118 Å². The summed E-state index contributed by atoms with van der Waals surface area (Å²) < 4.78 is 9.12. The average molecular weight is 1050 g/mol. The van der Waals surface area contributed by atoms with Gasteiger partial charge in [0, 0.05) is 34.8 Å². The van der Waals surface area contributed by atoms with Crippen molar-refractivity contribution >= 4 is 33.3 Å². The first-order valence-electron chi connectivity index (χ1n) is 23.0. The Bertz CT molecular complexity index is 3070. The molecule has 0 amide bonds. The third kappa shape index (κ3) is 8.23. The maximum atomic E-state index is 6.89. The SMILES string of the molecule is Cc1cc(Oc2[c-]c3c(cc2)c2cc(C(C)(C)C)ccc2n3-c2cc(C(C)(C)C)ccn2)[c-]c(C2=N[C@](C)(C(c3ccccc3)c3ccccc3)C(C)(C)N2c2c(C)cc(C)cc2C)c1.[Pt+2]. The van der Waals surface area contributed by atoms with Gasteiger partial charge in [-0.25, -0.2) is 4.98 Å². The molecule has 1 aliphatic heterocycles. The predicted molar refractivity (Wildman–Crippen MR) is 272 cm³/mol. The van der Waals surface area contributed by atoms with Crippen LogP contribution in [-0.2, 0) is 31.9 Å². The van der Waals surface area contributed by atoms with E-state index in [4.69, 9.17) is 14.7 Å². The van der Waals surface area contributed by atoms with E-state index in [2.05, 4.69) is 233 Å². The zero-order valence-electron chi connectivity index (χ0n) is 40.8. The summed E-state index contributed by atoms with van der Waals surface area (Å²) in [6, 6.07) is 53.4. The van der Waals surface area contributed by atoms with E-state index in [-0.39, 0.29) is 37.8 Å². The van der Waals surface area contributed by atoms with E-state index in [1.54, 1.807) is 0 Å². The van der Waals surface area contributed by atoms with Crippen molar-refractivity contribution in [3.8, 4) is 17.3 Å². The summed E-state index contributed by atoms with van der Waals surface area (Å²) in [4.78, 5) is 13.4. The minimum Gasteiger partial charge on any atom is -0.503 e. The van der Waals surface area contributed by atoms with Gasteiger partial charge in [-0.2, -0.15) is 6.07 Å². The summed E-state index contributed by atoms with van der Waals surface area (Å²) in [6.07, 6.45) is 1.92. The number of rotatable bonds is 8. The van der Waals surface area contributed by atoms with Crippen LogP contribution in [0.15, 0.2) is 139 Å². The van der Waals surface area contributed by atoms with Gasteiger partial charge in [-0.05, 0) is 109 Å². The maximum absolute atomic E-state index is 6.89. The van der Waals surface area contributed by atoms with Crippen LogP contribution in [-0.4, -0.2) is 26.5 Å². The van der Waals surface area contributed by atoms with Gasteiger partial charge in [0.2, 0.25) is 0 Å². The third-order valence-electron chi connectivity index (χ3n) is 13.8. The minimum absolute atomic E-state index is 0. The predicted octanol–water partition coefficient (Wildman–Crippen LogP) is 15.0. The molecule has 0 saturated heterocycles. The van der Waals surface area contributed by atoms with Gasteiger partial charge in [0.15, 0.2) is 0 Å². The van der Waals surface area contributed by atoms with Crippen molar-refractivity contribution in [3.63, 3.8) is 0 Å². The van der Waals surface area contributed by atoms with Crippen LogP contribution in [0.2, 0.25) is 0 Å². The fourth-order valence-corrected chi connectivity index (χ4v) is 10.2. The number of benzene rings is 6. The Balaban J connectivity index is 0.00000592. The van der Waals surface area contributed by atoms with E-state index in [9.17, 15) is 0 Å². The molecule has 0 spiro atoms. The number of anilines is 1. The summed E-state index contributed by atoms with van der Waals surface area (Å²) >= 11 is 0. The summed E-state index contributed by atoms with van der Waals surface area (Å²) in [5, 5.41) is 2.27. The monoisotopic (exact) mass is 1050 g/mol. The van der Waals surface area contributed by atoms with Crippen LogP contribution in [0.5, 0.6) is 11.5 Å². The molecule has 0 aliphatic carbocycles. The number of aromatic nitrogens is 2. The Kier molecular flexibility index (Phi) is 12.1.